The number of hydrogen-bond donors (Lipinski definition) is 3. The van der Waals surface area contributed by atoms with Gasteiger partial charge in [-0.15, -0.1) is 5.10 Å². The van der Waals surface area contributed by atoms with Gasteiger partial charge in [0.15, 0.2) is 0 Å². The summed E-state index contributed by atoms with van der Waals surface area (Å²) < 4.78 is 1.92. The molecule has 0 saturated carbocycles. The van der Waals surface area contributed by atoms with Gasteiger partial charge in [-0.1, -0.05) is 5.21 Å². The maximum atomic E-state index is 12.5. The van der Waals surface area contributed by atoms with E-state index in [1.807, 2.05) is 17.9 Å². The second-order valence-corrected chi connectivity index (χ2v) is 7.28. The first-order chi connectivity index (χ1) is 12.6. The molecule has 3 fully saturated rings. The van der Waals surface area contributed by atoms with Crippen LogP contribution in [0.15, 0.2) is 6.20 Å². The average Bonchev–Trinajstić information content (AvgIpc) is 3.06. The van der Waals surface area contributed by atoms with E-state index in [9.17, 15) is 9.59 Å². The van der Waals surface area contributed by atoms with Crippen LogP contribution in [-0.4, -0.2) is 71.0 Å². The van der Waals surface area contributed by atoms with Crippen molar-refractivity contribution in [3.63, 3.8) is 0 Å². The second-order valence-electron chi connectivity index (χ2n) is 7.28. The van der Waals surface area contributed by atoms with Crippen LogP contribution >= 0.6 is 0 Å². The van der Waals surface area contributed by atoms with Gasteiger partial charge in [-0.05, 0) is 32.4 Å². The number of carbonyl (C=O) groups is 2. The number of piperidine rings is 3. The smallest absolute Gasteiger partial charge is 0.224 e. The third-order valence-electron chi connectivity index (χ3n) is 5.36. The number of rotatable bonds is 8. The summed E-state index contributed by atoms with van der Waals surface area (Å²) in [5, 5.41) is 17.1. The molecule has 4 heterocycles. The molecule has 26 heavy (non-hydrogen) atoms. The summed E-state index contributed by atoms with van der Waals surface area (Å²) in [5.41, 5.74) is 0.944. The molecule has 2 amide bonds. The van der Waals surface area contributed by atoms with Crippen molar-refractivity contribution >= 4 is 11.8 Å². The number of aromatic nitrogens is 3. The molecule has 3 aliphatic rings. The molecule has 3 aliphatic heterocycles. The lowest BCUT2D eigenvalue weighted by atomic mass is 9.75. The van der Waals surface area contributed by atoms with Crippen LogP contribution < -0.4 is 16.0 Å². The SMILES string of the molecule is CNCc1cn(C[C@H]2C[C@H]3CCN2C[C@H]3C(=O)NCCNC(C)=O)nn1. The molecule has 1 aromatic heterocycles. The number of hydrogen-bond acceptors (Lipinski definition) is 6. The van der Waals surface area contributed by atoms with Gasteiger partial charge in [0.1, 0.15) is 0 Å². The van der Waals surface area contributed by atoms with Crippen LogP contribution in [0, 0.1) is 11.8 Å². The molecule has 9 nitrogen and oxygen atoms in total. The fraction of sp³-hybridized carbons (Fsp3) is 0.765. The van der Waals surface area contributed by atoms with E-state index in [0.29, 0.717) is 25.0 Å². The molecule has 4 atom stereocenters. The summed E-state index contributed by atoms with van der Waals surface area (Å²) >= 11 is 0. The van der Waals surface area contributed by atoms with Crippen molar-refractivity contribution in [2.45, 2.75) is 38.9 Å². The molecule has 2 bridgehead atoms. The number of nitrogens with zero attached hydrogens (tertiary/aromatic N) is 4. The predicted molar refractivity (Wildman–Crippen MR) is 96.1 cm³/mol. The van der Waals surface area contributed by atoms with Crippen molar-refractivity contribution in [1.82, 2.24) is 35.8 Å². The van der Waals surface area contributed by atoms with Crippen LogP contribution in [0.4, 0.5) is 0 Å². The maximum absolute atomic E-state index is 12.5. The number of nitrogens with one attached hydrogen (secondary N) is 3. The van der Waals surface area contributed by atoms with Crippen molar-refractivity contribution < 1.29 is 9.59 Å². The largest absolute Gasteiger partial charge is 0.355 e. The van der Waals surface area contributed by atoms with Crippen LogP contribution in [0.25, 0.3) is 0 Å². The fourth-order valence-electron chi connectivity index (χ4n) is 4.09. The Morgan fingerprint density at radius 3 is 2.81 bits per heavy atom. The van der Waals surface area contributed by atoms with E-state index >= 15 is 0 Å². The minimum absolute atomic E-state index is 0.0490. The lowest BCUT2D eigenvalue weighted by Gasteiger charge is -2.49. The average molecular weight is 363 g/mol. The maximum Gasteiger partial charge on any atom is 0.224 e. The van der Waals surface area contributed by atoms with Gasteiger partial charge in [0.05, 0.1) is 18.2 Å². The van der Waals surface area contributed by atoms with Crippen molar-refractivity contribution in [3.8, 4) is 0 Å². The normalized spacial score (nSPS) is 27.3. The molecule has 144 valence electrons. The lowest BCUT2D eigenvalue weighted by Crippen LogP contribution is -2.58. The van der Waals surface area contributed by atoms with Gasteiger partial charge in [-0.3, -0.25) is 19.2 Å². The number of fused-ring (bicyclic) bond motifs is 3. The minimum Gasteiger partial charge on any atom is -0.355 e. The molecule has 3 saturated heterocycles. The summed E-state index contributed by atoms with van der Waals surface area (Å²) in [7, 11) is 1.90. The summed E-state index contributed by atoms with van der Waals surface area (Å²) in [4.78, 5) is 25.8. The molecule has 0 aromatic carbocycles. The van der Waals surface area contributed by atoms with Crippen molar-refractivity contribution in [3.05, 3.63) is 11.9 Å². The Hall–Kier alpha value is -2.00. The Kier molecular flexibility index (Phi) is 6.20. The van der Waals surface area contributed by atoms with Crippen molar-refractivity contribution in [2.75, 3.05) is 33.2 Å². The molecule has 3 N–H and O–H groups in total. The number of carbonyl (C=O) groups excluding carboxylic acids is 2. The van der Waals surface area contributed by atoms with Crippen LogP contribution in [0.5, 0.6) is 0 Å². The highest BCUT2D eigenvalue weighted by molar-refractivity contribution is 5.79. The molecule has 0 aliphatic carbocycles. The summed E-state index contributed by atoms with van der Waals surface area (Å²) in [5.74, 6) is 0.510. The van der Waals surface area contributed by atoms with Gasteiger partial charge in [0.25, 0.3) is 0 Å². The van der Waals surface area contributed by atoms with Gasteiger partial charge >= 0.3 is 0 Å². The van der Waals surface area contributed by atoms with E-state index in [0.717, 1.165) is 44.7 Å². The van der Waals surface area contributed by atoms with Crippen molar-refractivity contribution in [2.24, 2.45) is 11.8 Å². The Balaban J connectivity index is 1.49. The van der Waals surface area contributed by atoms with E-state index < -0.39 is 0 Å². The van der Waals surface area contributed by atoms with Gasteiger partial charge in [-0.2, -0.15) is 0 Å². The van der Waals surface area contributed by atoms with Gasteiger partial charge in [0.2, 0.25) is 11.8 Å². The van der Waals surface area contributed by atoms with E-state index in [-0.39, 0.29) is 17.7 Å². The van der Waals surface area contributed by atoms with Gasteiger partial charge in [0, 0.05) is 45.3 Å². The van der Waals surface area contributed by atoms with Crippen molar-refractivity contribution in [1.29, 1.82) is 0 Å². The summed E-state index contributed by atoms with van der Waals surface area (Å²) in [6, 6.07) is 0.418. The Morgan fingerprint density at radius 2 is 2.12 bits per heavy atom. The molecule has 0 spiro atoms. The standard InChI is InChI=1S/C17H29N7O2/c1-12(25)19-4-5-20-17(26)16-11-23-6-3-13(16)7-15(23)10-24-9-14(8-18-2)21-22-24/h9,13,15-16,18H,3-8,10-11H2,1-2H3,(H,19,25)(H,20,26)/t13-,15-,16-/m1/s1. The summed E-state index contributed by atoms with van der Waals surface area (Å²) in [6.45, 7) is 5.83. The zero-order chi connectivity index (χ0) is 18.5. The topological polar surface area (TPSA) is 104 Å². The molecule has 4 rings (SSSR count). The molecular weight excluding hydrogens is 334 g/mol. The first-order valence-corrected chi connectivity index (χ1v) is 9.36. The third kappa shape index (κ3) is 4.59. The number of amides is 2. The fourth-order valence-corrected chi connectivity index (χ4v) is 4.09. The minimum atomic E-state index is -0.0732. The zero-order valence-corrected chi connectivity index (χ0v) is 15.6. The van der Waals surface area contributed by atoms with Crippen LogP contribution in [0.2, 0.25) is 0 Å². The predicted octanol–water partition coefficient (Wildman–Crippen LogP) is -1.04. The van der Waals surface area contributed by atoms with Crippen LogP contribution in [0.1, 0.15) is 25.5 Å². The second kappa shape index (κ2) is 8.59. The van der Waals surface area contributed by atoms with E-state index in [1.165, 1.54) is 6.92 Å². The van der Waals surface area contributed by atoms with Crippen LogP contribution in [-0.2, 0) is 22.7 Å². The molecule has 0 radical (unpaired) electrons. The quantitative estimate of drug-likeness (QED) is 0.510. The first-order valence-electron chi connectivity index (χ1n) is 9.36. The highest BCUT2D eigenvalue weighted by Crippen LogP contribution is 2.36. The van der Waals surface area contributed by atoms with E-state index in [4.69, 9.17) is 0 Å². The Bertz CT molecular complexity index is 632. The molecular formula is C17H29N7O2. The van der Waals surface area contributed by atoms with Gasteiger partial charge < -0.3 is 16.0 Å². The van der Waals surface area contributed by atoms with E-state index in [1.54, 1.807) is 0 Å². The molecule has 1 unspecified atom stereocenters. The monoisotopic (exact) mass is 363 g/mol. The Labute approximate surface area is 153 Å². The van der Waals surface area contributed by atoms with E-state index in [2.05, 4.69) is 31.2 Å². The highest BCUT2D eigenvalue weighted by atomic mass is 16.2. The first kappa shape index (κ1) is 18.8. The van der Waals surface area contributed by atoms with Gasteiger partial charge in [-0.25, -0.2) is 0 Å². The molecule has 9 heteroatoms. The highest BCUT2D eigenvalue weighted by Gasteiger charge is 2.43. The molecule has 1 aromatic rings. The van der Waals surface area contributed by atoms with Crippen LogP contribution in [0.3, 0.4) is 0 Å². The Morgan fingerprint density at radius 1 is 1.31 bits per heavy atom. The zero-order valence-electron chi connectivity index (χ0n) is 15.6. The third-order valence-corrected chi connectivity index (χ3v) is 5.36. The summed E-state index contributed by atoms with van der Waals surface area (Å²) in [6.07, 6.45) is 4.08. The lowest BCUT2D eigenvalue weighted by molar-refractivity contribution is -0.133.